The Bertz CT molecular complexity index is 661. The van der Waals surface area contributed by atoms with E-state index < -0.39 is 0 Å². The normalized spacial score (nSPS) is 20.6. The highest BCUT2D eigenvalue weighted by Crippen LogP contribution is 2.26. The minimum absolute atomic E-state index is 0.310. The molecule has 2 aliphatic heterocycles. The first-order valence-corrected chi connectivity index (χ1v) is 12.3. The lowest BCUT2D eigenvalue weighted by Gasteiger charge is -2.36. The summed E-state index contributed by atoms with van der Waals surface area (Å²) >= 11 is 0. The van der Waals surface area contributed by atoms with Crippen molar-refractivity contribution in [2.75, 3.05) is 46.4 Å². The third-order valence-electron chi connectivity index (χ3n) is 6.70. The maximum Gasteiger partial charge on any atom is 0.191 e. The van der Waals surface area contributed by atoms with Gasteiger partial charge in [-0.2, -0.15) is 0 Å². The third-order valence-corrected chi connectivity index (χ3v) is 6.70. The number of hydrogen-bond donors (Lipinski definition) is 2. The monoisotopic (exact) mass is 429 g/mol. The van der Waals surface area contributed by atoms with E-state index in [9.17, 15) is 0 Å². The molecule has 2 saturated heterocycles. The van der Waals surface area contributed by atoms with Crippen LogP contribution in [0.5, 0.6) is 5.75 Å². The molecule has 6 heteroatoms. The van der Waals surface area contributed by atoms with Crippen molar-refractivity contribution in [1.29, 1.82) is 0 Å². The van der Waals surface area contributed by atoms with Crippen molar-refractivity contribution in [2.45, 2.75) is 71.0 Å². The second-order valence-electron chi connectivity index (χ2n) is 9.15. The van der Waals surface area contributed by atoms with E-state index in [2.05, 4.69) is 65.5 Å². The number of piperidine rings is 2. The van der Waals surface area contributed by atoms with E-state index in [4.69, 9.17) is 9.73 Å². The van der Waals surface area contributed by atoms with Crippen LogP contribution in [0.3, 0.4) is 0 Å². The second kappa shape index (κ2) is 12.3. The van der Waals surface area contributed by atoms with Crippen LogP contribution in [0.1, 0.15) is 64.5 Å². The van der Waals surface area contributed by atoms with Gasteiger partial charge in [-0.15, -0.1) is 0 Å². The predicted octanol–water partition coefficient (Wildman–Crippen LogP) is 3.65. The van der Waals surface area contributed by atoms with Crippen molar-refractivity contribution >= 4 is 5.96 Å². The first-order chi connectivity index (χ1) is 15.1. The molecule has 2 heterocycles. The molecule has 2 fully saturated rings. The first-order valence-electron chi connectivity index (χ1n) is 12.3. The Labute approximate surface area is 189 Å². The summed E-state index contributed by atoms with van der Waals surface area (Å²) in [6.45, 7) is 13.0. The molecule has 0 spiro atoms. The minimum Gasteiger partial charge on any atom is -0.497 e. The lowest BCUT2D eigenvalue weighted by molar-refractivity contribution is 0.165. The van der Waals surface area contributed by atoms with Crippen LogP contribution >= 0.6 is 0 Å². The molecule has 1 unspecified atom stereocenters. The lowest BCUT2D eigenvalue weighted by Crippen LogP contribution is -2.50. The molecule has 0 aromatic heterocycles. The summed E-state index contributed by atoms with van der Waals surface area (Å²) < 4.78 is 5.37. The van der Waals surface area contributed by atoms with E-state index in [0.717, 1.165) is 51.0 Å². The molecule has 2 N–H and O–H groups in total. The summed E-state index contributed by atoms with van der Waals surface area (Å²) in [6.07, 6.45) is 6.26. The molecule has 0 radical (unpaired) electrons. The third kappa shape index (κ3) is 7.11. The summed E-state index contributed by atoms with van der Waals surface area (Å²) in [5, 5.41) is 7.20. The summed E-state index contributed by atoms with van der Waals surface area (Å²) in [7, 11) is 1.72. The molecule has 31 heavy (non-hydrogen) atoms. The van der Waals surface area contributed by atoms with Crippen LogP contribution < -0.4 is 15.4 Å². The molecule has 3 rings (SSSR count). The van der Waals surface area contributed by atoms with E-state index in [1.807, 2.05) is 0 Å². The average molecular weight is 430 g/mol. The summed E-state index contributed by atoms with van der Waals surface area (Å²) in [5.74, 6) is 1.87. The molecule has 0 aliphatic carbocycles. The quantitative estimate of drug-likeness (QED) is 0.488. The van der Waals surface area contributed by atoms with Crippen LogP contribution in [0.25, 0.3) is 0 Å². The second-order valence-corrected chi connectivity index (χ2v) is 9.15. The molecule has 2 aliphatic rings. The number of ether oxygens (including phenoxy) is 1. The van der Waals surface area contributed by atoms with Gasteiger partial charge >= 0.3 is 0 Å². The molecule has 0 saturated carbocycles. The number of benzene rings is 1. The number of likely N-dealkylation sites (tertiary alicyclic amines) is 2. The fraction of sp³-hybridized carbons (Fsp3) is 0.720. The van der Waals surface area contributed by atoms with Crippen LogP contribution in [-0.4, -0.2) is 74.2 Å². The molecular formula is C25H43N5O. The minimum atomic E-state index is 0.310. The van der Waals surface area contributed by atoms with Crippen LogP contribution in [0.15, 0.2) is 29.3 Å². The van der Waals surface area contributed by atoms with E-state index in [0.29, 0.717) is 18.1 Å². The van der Waals surface area contributed by atoms with Crippen LogP contribution in [0.2, 0.25) is 0 Å². The van der Waals surface area contributed by atoms with Crippen molar-refractivity contribution in [1.82, 2.24) is 20.4 Å². The van der Waals surface area contributed by atoms with Crippen LogP contribution in [0, 0.1) is 0 Å². The Balaban J connectivity index is 1.68. The Morgan fingerprint density at radius 3 is 2.29 bits per heavy atom. The highest BCUT2D eigenvalue weighted by Gasteiger charge is 2.24. The predicted molar refractivity (Wildman–Crippen MR) is 130 cm³/mol. The summed E-state index contributed by atoms with van der Waals surface area (Å²) in [6, 6.07) is 10.00. The number of rotatable bonds is 8. The van der Waals surface area contributed by atoms with Gasteiger partial charge in [-0.05, 0) is 77.2 Å². The standard InChI is InChI=1S/C25H43N5O/c1-5-26-25(28-22-13-17-29(18-14-22)20(2)3)27-19-24(30-15-7-6-8-16-30)21-9-11-23(31-4)12-10-21/h9-12,20,22,24H,5-8,13-19H2,1-4H3,(H2,26,27,28). The fourth-order valence-corrected chi connectivity index (χ4v) is 4.74. The summed E-state index contributed by atoms with van der Waals surface area (Å²) in [5.41, 5.74) is 1.33. The fourth-order valence-electron chi connectivity index (χ4n) is 4.74. The molecule has 0 amide bonds. The molecule has 6 nitrogen and oxygen atoms in total. The van der Waals surface area contributed by atoms with Gasteiger partial charge in [0.2, 0.25) is 0 Å². The van der Waals surface area contributed by atoms with Gasteiger partial charge in [-0.3, -0.25) is 9.89 Å². The molecule has 0 bridgehead atoms. The van der Waals surface area contributed by atoms with Gasteiger partial charge in [0.1, 0.15) is 5.75 Å². The Morgan fingerprint density at radius 1 is 1.03 bits per heavy atom. The van der Waals surface area contributed by atoms with E-state index in [1.54, 1.807) is 7.11 Å². The zero-order valence-corrected chi connectivity index (χ0v) is 20.1. The van der Waals surface area contributed by atoms with Crippen molar-refractivity contribution < 1.29 is 4.74 Å². The number of nitrogens with one attached hydrogen (secondary N) is 2. The molecular weight excluding hydrogens is 386 g/mol. The molecule has 1 atom stereocenters. The van der Waals surface area contributed by atoms with Crippen molar-refractivity contribution in [2.24, 2.45) is 4.99 Å². The number of guanidine groups is 1. The smallest absolute Gasteiger partial charge is 0.191 e. The Morgan fingerprint density at radius 2 is 1.71 bits per heavy atom. The number of hydrogen-bond acceptors (Lipinski definition) is 4. The highest BCUT2D eigenvalue weighted by molar-refractivity contribution is 5.80. The number of nitrogens with zero attached hydrogens (tertiary/aromatic N) is 3. The highest BCUT2D eigenvalue weighted by atomic mass is 16.5. The summed E-state index contributed by atoms with van der Waals surface area (Å²) in [4.78, 5) is 10.2. The lowest BCUT2D eigenvalue weighted by atomic mass is 10.0. The molecule has 1 aromatic carbocycles. The van der Waals surface area contributed by atoms with Gasteiger partial charge in [0.25, 0.3) is 0 Å². The largest absolute Gasteiger partial charge is 0.497 e. The van der Waals surface area contributed by atoms with Crippen molar-refractivity contribution in [3.8, 4) is 5.75 Å². The van der Waals surface area contributed by atoms with Gasteiger partial charge < -0.3 is 20.3 Å². The van der Waals surface area contributed by atoms with E-state index in [1.165, 1.54) is 37.7 Å². The van der Waals surface area contributed by atoms with Crippen molar-refractivity contribution in [3.63, 3.8) is 0 Å². The van der Waals surface area contributed by atoms with Crippen LogP contribution in [0.4, 0.5) is 0 Å². The Kier molecular flexibility index (Phi) is 9.47. The Hall–Kier alpha value is -1.79. The van der Waals surface area contributed by atoms with E-state index >= 15 is 0 Å². The first kappa shape index (κ1) is 23.9. The van der Waals surface area contributed by atoms with Gasteiger partial charge in [0.05, 0.1) is 19.7 Å². The van der Waals surface area contributed by atoms with Gasteiger partial charge in [0.15, 0.2) is 5.96 Å². The van der Waals surface area contributed by atoms with Crippen molar-refractivity contribution in [3.05, 3.63) is 29.8 Å². The van der Waals surface area contributed by atoms with Gasteiger partial charge in [-0.25, -0.2) is 0 Å². The zero-order chi connectivity index (χ0) is 22.1. The number of aliphatic imine (C=N–C) groups is 1. The number of methoxy groups -OCH3 is 1. The van der Waals surface area contributed by atoms with E-state index in [-0.39, 0.29) is 0 Å². The molecule has 1 aromatic rings. The topological polar surface area (TPSA) is 52.1 Å². The van der Waals surface area contributed by atoms with Crippen LogP contribution in [-0.2, 0) is 0 Å². The maximum absolute atomic E-state index is 5.37. The van der Waals surface area contributed by atoms with Gasteiger partial charge in [-0.1, -0.05) is 18.6 Å². The molecule has 174 valence electrons. The zero-order valence-electron chi connectivity index (χ0n) is 20.1. The van der Waals surface area contributed by atoms with Gasteiger partial charge in [0, 0.05) is 31.7 Å². The average Bonchev–Trinajstić information content (AvgIpc) is 2.81. The maximum atomic E-state index is 5.37. The SMILES string of the molecule is CCNC(=NCC(c1ccc(OC)cc1)N1CCCCC1)NC1CCN(C(C)C)CC1.